The molecule has 0 unspecified atom stereocenters. The van der Waals surface area contributed by atoms with E-state index < -0.39 is 5.63 Å². The second-order valence-electron chi connectivity index (χ2n) is 7.88. The molecule has 0 fully saturated rings. The van der Waals surface area contributed by atoms with Crippen LogP contribution >= 0.6 is 0 Å². The van der Waals surface area contributed by atoms with Crippen LogP contribution in [0.3, 0.4) is 0 Å². The van der Waals surface area contributed by atoms with Gasteiger partial charge in [0.2, 0.25) is 0 Å². The number of aromatic hydroxyl groups is 3. The van der Waals surface area contributed by atoms with Gasteiger partial charge in [-0.2, -0.15) is 0 Å². The van der Waals surface area contributed by atoms with Gasteiger partial charge in [-0.3, -0.25) is 0 Å². The summed E-state index contributed by atoms with van der Waals surface area (Å²) < 4.78 is 11.5. The van der Waals surface area contributed by atoms with Crippen molar-refractivity contribution in [2.24, 2.45) is 0 Å². The van der Waals surface area contributed by atoms with Crippen LogP contribution in [0.5, 0.6) is 28.7 Å². The smallest absolute Gasteiger partial charge is 0.347 e. The van der Waals surface area contributed by atoms with Crippen LogP contribution in [-0.4, -0.2) is 15.3 Å². The van der Waals surface area contributed by atoms with Crippen LogP contribution < -0.4 is 10.4 Å². The monoisotopic (exact) mass is 442 g/mol. The third kappa shape index (κ3) is 5.96. The van der Waals surface area contributed by atoms with Gasteiger partial charge in [-0.1, -0.05) is 47.0 Å². The fourth-order valence-corrected chi connectivity index (χ4v) is 3.71. The molecule has 6 nitrogen and oxygen atoms in total. The van der Waals surface area contributed by atoms with E-state index in [4.69, 9.17) is 9.15 Å². The highest BCUT2D eigenvalue weighted by Gasteiger charge is 2.18. The number of unbranched alkanes of at least 4 members (excludes halogenated alkanes) is 4. The molecule has 0 amide bonds. The summed E-state index contributed by atoms with van der Waals surface area (Å²) in [6.07, 6.45) is 7.14. The van der Waals surface area contributed by atoms with Gasteiger partial charge in [0.25, 0.3) is 0 Å². The fourth-order valence-electron chi connectivity index (χ4n) is 3.71. The maximum Gasteiger partial charge on any atom is 0.347 e. The molecule has 6 heteroatoms. The van der Waals surface area contributed by atoms with Crippen molar-refractivity contribution < 1.29 is 24.5 Å². The molecule has 0 bridgehead atoms. The minimum atomic E-state index is -0.551. The van der Waals surface area contributed by atoms with Crippen molar-refractivity contribution in [1.82, 2.24) is 0 Å². The summed E-state index contributed by atoms with van der Waals surface area (Å²) in [5.74, 6) is 0.472. The predicted molar refractivity (Wildman–Crippen MR) is 127 cm³/mol. The first-order valence-corrected chi connectivity index (χ1v) is 10.9. The Kier molecular flexibility index (Phi) is 9.00. The van der Waals surface area contributed by atoms with Crippen LogP contribution in [0, 0.1) is 0 Å². The molecular weight excluding hydrogens is 408 g/mol. The second-order valence-corrected chi connectivity index (χ2v) is 7.88. The molecule has 0 saturated carbocycles. The predicted octanol–water partition coefficient (Wildman–Crippen LogP) is 6.80. The zero-order valence-electron chi connectivity index (χ0n) is 18.1. The lowest BCUT2D eigenvalue weighted by Gasteiger charge is -2.15. The van der Waals surface area contributed by atoms with Gasteiger partial charge in [-0.05, 0) is 42.8 Å². The van der Waals surface area contributed by atoms with Crippen molar-refractivity contribution in [3.8, 4) is 28.7 Å². The fraction of sp³-hybridized carbons (Fsp3) is 0.423. The van der Waals surface area contributed by atoms with E-state index in [9.17, 15) is 20.1 Å². The Morgan fingerprint density at radius 2 is 1.50 bits per heavy atom. The lowest BCUT2D eigenvalue weighted by Crippen LogP contribution is -2.05. The minimum Gasteiger partial charge on any atom is -0.508 e. The van der Waals surface area contributed by atoms with E-state index in [2.05, 4.69) is 13.8 Å². The van der Waals surface area contributed by atoms with E-state index in [1.165, 1.54) is 18.2 Å². The molecular formula is C26H34O6. The number of ether oxygens (including phenoxy) is 1. The topological polar surface area (TPSA) is 100 Å². The number of phenolic OH excluding ortho intramolecular Hbond substituents is 3. The third-order valence-corrected chi connectivity index (χ3v) is 5.28. The normalized spacial score (nSPS) is 10.8. The molecule has 0 aliphatic heterocycles. The van der Waals surface area contributed by atoms with E-state index in [0.29, 0.717) is 29.6 Å². The lowest BCUT2D eigenvalue weighted by molar-refractivity contribution is 0.396. The summed E-state index contributed by atoms with van der Waals surface area (Å²) in [4.78, 5) is 12.8. The molecule has 0 aliphatic rings. The number of rotatable bonds is 10. The van der Waals surface area contributed by atoms with Crippen LogP contribution in [0.1, 0.15) is 71.1 Å². The lowest BCUT2D eigenvalue weighted by atomic mass is 10.0. The number of hydrogen-bond donors (Lipinski definition) is 3. The van der Waals surface area contributed by atoms with Crippen LogP contribution in [0.2, 0.25) is 0 Å². The molecule has 1 aromatic heterocycles. The first-order valence-electron chi connectivity index (χ1n) is 10.9. The molecule has 0 spiro atoms. The standard InChI is InChI=1S/C25H30O6.CH4/c1-3-5-7-9-16-11-18(26)14-21(28)24(16)31-22-15-19(27)12-17-13-20(10-8-6-4-2)30-25(29)23(17)22;/h11-15,26-28H,3-10H2,1-2H3;1H4. The van der Waals surface area contributed by atoms with Gasteiger partial charge >= 0.3 is 5.63 Å². The highest BCUT2D eigenvalue weighted by Crippen LogP contribution is 2.41. The van der Waals surface area contributed by atoms with Crippen LogP contribution in [-0.2, 0) is 12.8 Å². The van der Waals surface area contributed by atoms with E-state index in [0.717, 1.165) is 38.5 Å². The number of hydrogen-bond acceptors (Lipinski definition) is 6. The Morgan fingerprint density at radius 1 is 0.844 bits per heavy atom. The molecule has 3 N–H and O–H groups in total. The van der Waals surface area contributed by atoms with E-state index in [-0.39, 0.29) is 41.6 Å². The molecule has 0 atom stereocenters. The van der Waals surface area contributed by atoms with Crippen molar-refractivity contribution in [2.45, 2.75) is 72.6 Å². The molecule has 3 aromatic rings. The maximum atomic E-state index is 12.8. The average Bonchev–Trinajstić information content (AvgIpc) is 2.70. The van der Waals surface area contributed by atoms with Gasteiger partial charge in [-0.25, -0.2) is 4.79 Å². The summed E-state index contributed by atoms with van der Waals surface area (Å²) in [6.45, 7) is 4.19. The van der Waals surface area contributed by atoms with Gasteiger partial charge < -0.3 is 24.5 Å². The highest BCUT2D eigenvalue weighted by atomic mass is 16.5. The number of aryl methyl sites for hydroxylation is 2. The molecule has 0 saturated heterocycles. The zero-order valence-corrected chi connectivity index (χ0v) is 18.1. The maximum absolute atomic E-state index is 12.8. The average molecular weight is 443 g/mol. The number of fused-ring (bicyclic) bond motifs is 1. The van der Waals surface area contributed by atoms with Crippen LogP contribution in [0.4, 0.5) is 0 Å². The van der Waals surface area contributed by atoms with Crippen molar-refractivity contribution in [1.29, 1.82) is 0 Å². The summed E-state index contributed by atoms with van der Waals surface area (Å²) in [5.41, 5.74) is 0.0767. The second kappa shape index (κ2) is 11.5. The number of benzene rings is 2. The van der Waals surface area contributed by atoms with Gasteiger partial charge in [0.05, 0.1) is 0 Å². The zero-order chi connectivity index (χ0) is 22.4. The van der Waals surface area contributed by atoms with Crippen molar-refractivity contribution >= 4 is 10.8 Å². The molecule has 2 aromatic carbocycles. The molecule has 32 heavy (non-hydrogen) atoms. The van der Waals surface area contributed by atoms with E-state index in [1.54, 1.807) is 12.1 Å². The summed E-state index contributed by atoms with van der Waals surface area (Å²) in [6, 6.07) is 7.32. The van der Waals surface area contributed by atoms with Crippen molar-refractivity contribution in [2.75, 3.05) is 0 Å². The van der Waals surface area contributed by atoms with Gasteiger partial charge in [0.1, 0.15) is 28.4 Å². The van der Waals surface area contributed by atoms with Crippen LogP contribution in [0.25, 0.3) is 10.8 Å². The first kappa shape index (κ1) is 25.1. The molecule has 174 valence electrons. The highest BCUT2D eigenvalue weighted by molar-refractivity contribution is 5.89. The molecule has 0 radical (unpaired) electrons. The van der Waals surface area contributed by atoms with Gasteiger partial charge in [0.15, 0.2) is 11.5 Å². The van der Waals surface area contributed by atoms with Gasteiger partial charge in [0, 0.05) is 24.1 Å². The quantitative estimate of drug-likeness (QED) is 0.298. The molecule has 3 rings (SSSR count). The molecule has 1 heterocycles. The Balaban J connectivity index is 0.00000363. The number of phenols is 3. The summed E-state index contributed by atoms with van der Waals surface area (Å²) >= 11 is 0. The SMILES string of the molecule is C.CCCCCc1cc2cc(O)cc(Oc3c(O)cc(O)cc3CCCCC)c2c(=O)o1. The Hall–Kier alpha value is -3.15. The Bertz CT molecular complexity index is 1100. The minimum absolute atomic E-state index is 0. The Morgan fingerprint density at radius 3 is 2.19 bits per heavy atom. The largest absolute Gasteiger partial charge is 0.508 e. The van der Waals surface area contributed by atoms with Crippen molar-refractivity contribution in [3.63, 3.8) is 0 Å². The molecule has 0 aliphatic carbocycles. The van der Waals surface area contributed by atoms with E-state index in [1.807, 2.05) is 0 Å². The first-order chi connectivity index (χ1) is 14.9. The van der Waals surface area contributed by atoms with E-state index >= 15 is 0 Å². The summed E-state index contributed by atoms with van der Waals surface area (Å²) in [5, 5.41) is 31.3. The van der Waals surface area contributed by atoms with Crippen molar-refractivity contribution in [3.05, 3.63) is 52.1 Å². The van der Waals surface area contributed by atoms with Gasteiger partial charge in [-0.15, -0.1) is 0 Å². The summed E-state index contributed by atoms with van der Waals surface area (Å²) in [7, 11) is 0. The van der Waals surface area contributed by atoms with Crippen LogP contribution in [0.15, 0.2) is 39.5 Å². The Labute approximate surface area is 189 Å². The third-order valence-electron chi connectivity index (χ3n) is 5.28.